The van der Waals surface area contributed by atoms with E-state index in [2.05, 4.69) is 32.2 Å². The van der Waals surface area contributed by atoms with Crippen molar-refractivity contribution >= 4 is 26.0 Å². The first kappa shape index (κ1) is 12.9. The van der Waals surface area contributed by atoms with Crippen LogP contribution in [0.25, 0.3) is 0 Å². The maximum Gasteiger partial charge on any atom is 0.325 e. The van der Waals surface area contributed by atoms with Crippen molar-refractivity contribution in [3.63, 3.8) is 0 Å². The molecule has 0 fully saturated rings. The Kier molecular flexibility index (Phi) is 3.83. The molecule has 0 radical (unpaired) electrons. The SMILES string of the molecule is C=C(Br)CNS(=O)(=O)c1c[nH]c(=O)[nH]c1=O. The summed E-state index contributed by atoms with van der Waals surface area (Å²) in [6.07, 6.45) is 0.834. The van der Waals surface area contributed by atoms with Crippen molar-refractivity contribution in [1.29, 1.82) is 0 Å². The molecule has 0 aliphatic heterocycles. The maximum atomic E-state index is 11.6. The lowest BCUT2D eigenvalue weighted by Crippen LogP contribution is -2.33. The molecule has 0 spiro atoms. The number of halogens is 1. The van der Waals surface area contributed by atoms with Gasteiger partial charge in [0.25, 0.3) is 5.56 Å². The molecule has 0 aliphatic rings. The predicted octanol–water partition coefficient (Wildman–Crippen LogP) is -0.750. The third kappa shape index (κ3) is 3.15. The molecular formula is C7H8BrN3O4S. The van der Waals surface area contributed by atoms with Gasteiger partial charge in [-0.3, -0.25) is 9.78 Å². The Morgan fingerprint density at radius 3 is 2.62 bits per heavy atom. The monoisotopic (exact) mass is 309 g/mol. The first-order valence-corrected chi connectivity index (χ1v) is 6.25. The fourth-order valence-corrected chi connectivity index (χ4v) is 2.20. The van der Waals surface area contributed by atoms with Gasteiger partial charge in [0, 0.05) is 17.2 Å². The van der Waals surface area contributed by atoms with Crippen molar-refractivity contribution in [1.82, 2.24) is 14.7 Å². The van der Waals surface area contributed by atoms with Crippen LogP contribution in [0.2, 0.25) is 0 Å². The fraction of sp³-hybridized carbons (Fsp3) is 0.143. The molecule has 7 nitrogen and oxygen atoms in total. The van der Waals surface area contributed by atoms with Gasteiger partial charge in [-0.25, -0.2) is 17.9 Å². The highest BCUT2D eigenvalue weighted by molar-refractivity contribution is 9.11. The van der Waals surface area contributed by atoms with Gasteiger partial charge in [-0.1, -0.05) is 22.5 Å². The van der Waals surface area contributed by atoms with E-state index in [1.807, 2.05) is 4.98 Å². The third-order valence-electron chi connectivity index (χ3n) is 1.53. The highest BCUT2D eigenvalue weighted by Crippen LogP contribution is 2.02. The average molecular weight is 310 g/mol. The molecule has 9 heteroatoms. The minimum absolute atomic E-state index is 0.0547. The van der Waals surface area contributed by atoms with Gasteiger partial charge in [0.15, 0.2) is 4.90 Å². The molecule has 0 aliphatic carbocycles. The number of rotatable bonds is 4. The molecule has 16 heavy (non-hydrogen) atoms. The lowest BCUT2D eigenvalue weighted by molar-refractivity contribution is 0.583. The second-order valence-electron chi connectivity index (χ2n) is 2.78. The molecule has 1 heterocycles. The average Bonchev–Trinajstić information content (AvgIpc) is 2.14. The molecule has 0 atom stereocenters. The number of nitrogens with one attached hydrogen (secondary N) is 3. The number of H-pyrrole nitrogens is 2. The molecule has 0 amide bonds. The minimum Gasteiger partial charge on any atom is -0.313 e. The summed E-state index contributed by atoms with van der Waals surface area (Å²) in [5.74, 6) is 0. The van der Waals surface area contributed by atoms with E-state index < -0.39 is 26.2 Å². The van der Waals surface area contributed by atoms with Crippen molar-refractivity contribution in [3.05, 3.63) is 38.1 Å². The van der Waals surface area contributed by atoms with E-state index in [1.54, 1.807) is 0 Å². The number of hydrogen-bond acceptors (Lipinski definition) is 4. The van der Waals surface area contributed by atoms with Gasteiger partial charge in [-0.2, -0.15) is 0 Å². The maximum absolute atomic E-state index is 11.6. The number of hydrogen-bond donors (Lipinski definition) is 3. The Labute approximate surface area is 98.8 Å². The summed E-state index contributed by atoms with van der Waals surface area (Å²) in [6, 6.07) is 0. The quantitative estimate of drug-likeness (QED) is 0.679. The first-order valence-electron chi connectivity index (χ1n) is 3.98. The first-order chi connectivity index (χ1) is 7.33. The Hall–Kier alpha value is -1.19. The number of sulfonamides is 1. The van der Waals surface area contributed by atoms with Crippen LogP contribution in [-0.2, 0) is 10.0 Å². The highest BCUT2D eigenvalue weighted by Gasteiger charge is 2.18. The van der Waals surface area contributed by atoms with Crippen molar-refractivity contribution < 1.29 is 8.42 Å². The second-order valence-corrected chi connectivity index (χ2v) is 5.63. The van der Waals surface area contributed by atoms with Crippen molar-refractivity contribution in [2.24, 2.45) is 0 Å². The van der Waals surface area contributed by atoms with Gasteiger partial charge in [0.2, 0.25) is 10.0 Å². The Morgan fingerprint density at radius 1 is 1.50 bits per heavy atom. The van der Waals surface area contributed by atoms with Crippen molar-refractivity contribution in [3.8, 4) is 0 Å². The van der Waals surface area contributed by atoms with E-state index in [0.717, 1.165) is 6.20 Å². The van der Waals surface area contributed by atoms with Crippen LogP contribution >= 0.6 is 15.9 Å². The van der Waals surface area contributed by atoms with Crippen LogP contribution in [-0.4, -0.2) is 24.9 Å². The van der Waals surface area contributed by atoms with Crippen LogP contribution in [0.4, 0.5) is 0 Å². The van der Waals surface area contributed by atoms with Crippen molar-refractivity contribution in [2.75, 3.05) is 6.54 Å². The second kappa shape index (κ2) is 4.76. The summed E-state index contributed by atoms with van der Waals surface area (Å²) in [5, 5.41) is 0. The van der Waals surface area contributed by atoms with Gasteiger partial charge >= 0.3 is 5.69 Å². The van der Waals surface area contributed by atoms with E-state index in [9.17, 15) is 18.0 Å². The predicted molar refractivity (Wildman–Crippen MR) is 60.9 cm³/mol. The Morgan fingerprint density at radius 2 is 2.12 bits per heavy atom. The summed E-state index contributed by atoms with van der Waals surface area (Å²) in [7, 11) is -3.96. The van der Waals surface area contributed by atoms with E-state index in [1.165, 1.54) is 0 Å². The molecule has 1 rings (SSSR count). The summed E-state index contributed by atoms with van der Waals surface area (Å²) in [4.78, 5) is 25.2. The van der Waals surface area contributed by atoms with Gasteiger partial charge in [-0.15, -0.1) is 0 Å². The van der Waals surface area contributed by atoms with E-state index in [0.29, 0.717) is 4.48 Å². The molecule has 0 unspecified atom stereocenters. The third-order valence-corrected chi connectivity index (χ3v) is 3.22. The zero-order valence-electron chi connectivity index (χ0n) is 7.91. The Balaban J connectivity index is 3.13. The van der Waals surface area contributed by atoms with Crippen LogP contribution in [0, 0.1) is 0 Å². The topological polar surface area (TPSA) is 112 Å². The molecule has 0 bridgehead atoms. The zero-order chi connectivity index (χ0) is 12.3. The van der Waals surface area contributed by atoms with Gasteiger partial charge in [0.05, 0.1) is 0 Å². The van der Waals surface area contributed by atoms with Crippen molar-refractivity contribution in [2.45, 2.75) is 4.90 Å². The highest BCUT2D eigenvalue weighted by atomic mass is 79.9. The lowest BCUT2D eigenvalue weighted by atomic mass is 10.7. The number of aromatic amines is 2. The van der Waals surface area contributed by atoms with E-state index >= 15 is 0 Å². The van der Waals surface area contributed by atoms with E-state index in [-0.39, 0.29) is 6.54 Å². The summed E-state index contributed by atoms with van der Waals surface area (Å²) < 4.78 is 25.6. The van der Waals surface area contributed by atoms with Gasteiger partial charge < -0.3 is 4.98 Å². The lowest BCUT2D eigenvalue weighted by Gasteiger charge is -2.03. The summed E-state index contributed by atoms with van der Waals surface area (Å²) >= 11 is 2.96. The molecule has 88 valence electrons. The van der Waals surface area contributed by atoms with Gasteiger partial charge in [-0.05, 0) is 0 Å². The van der Waals surface area contributed by atoms with E-state index in [4.69, 9.17) is 0 Å². The van der Waals surface area contributed by atoms with Crippen LogP contribution in [0.1, 0.15) is 0 Å². The van der Waals surface area contributed by atoms with Crippen LogP contribution in [0.5, 0.6) is 0 Å². The molecule has 0 saturated carbocycles. The molecule has 0 saturated heterocycles. The Bertz CT molecular complexity index is 615. The number of aromatic nitrogens is 2. The minimum atomic E-state index is -3.96. The van der Waals surface area contributed by atoms with Gasteiger partial charge in [0.1, 0.15) is 0 Å². The summed E-state index contributed by atoms with van der Waals surface area (Å²) in [6.45, 7) is 3.38. The molecule has 0 aromatic carbocycles. The zero-order valence-corrected chi connectivity index (χ0v) is 10.3. The van der Waals surface area contributed by atoms with Crippen LogP contribution in [0.15, 0.2) is 31.7 Å². The molecule has 1 aromatic heterocycles. The normalized spacial score (nSPS) is 11.3. The summed E-state index contributed by atoms with van der Waals surface area (Å²) in [5.41, 5.74) is -1.75. The molecular weight excluding hydrogens is 302 g/mol. The molecule has 1 aromatic rings. The van der Waals surface area contributed by atoms with Crippen LogP contribution in [0.3, 0.4) is 0 Å². The standard InChI is InChI=1S/C7H8BrN3O4S/c1-4(8)2-10-16(14,15)5-3-9-7(13)11-6(5)12/h3,10H,1-2H2,(H2,9,11,12,13). The largest absolute Gasteiger partial charge is 0.325 e. The fourth-order valence-electron chi connectivity index (χ4n) is 0.848. The smallest absolute Gasteiger partial charge is 0.313 e. The van der Waals surface area contributed by atoms with Crippen LogP contribution < -0.4 is 16.0 Å². The molecule has 3 N–H and O–H groups in total.